The van der Waals surface area contributed by atoms with Crippen LogP contribution in [0.1, 0.15) is 54.9 Å². The maximum Gasteiger partial charge on any atom is 0.335 e. The van der Waals surface area contributed by atoms with Gasteiger partial charge < -0.3 is 10.4 Å². The van der Waals surface area contributed by atoms with E-state index in [1.54, 1.807) is 18.2 Å². The second-order valence-electron chi connectivity index (χ2n) is 6.02. The van der Waals surface area contributed by atoms with Gasteiger partial charge in [0.25, 0.3) is 0 Å². The number of amides is 1. The Balaban J connectivity index is 1.94. The molecule has 0 aliphatic heterocycles. The maximum absolute atomic E-state index is 12.1. The monoisotopic (exact) mass is 289 g/mol. The minimum absolute atomic E-state index is 0.0803. The Morgan fingerprint density at radius 2 is 1.95 bits per heavy atom. The standard InChI is InChI=1S/C17H23NO3/c1-12-5-4-7-14(10-9-12)18-16(19)11-13-6-2-3-8-15(13)17(20)21/h2-3,6,8,12,14H,4-5,7,9-11H2,1H3,(H,18,19)(H,20,21). The minimum atomic E-state index is -0.985. The van der Waals surface area contributed by atoms with Crippen molar-refractivity contribution in [2.24, 2.45) is 5.92 Å². The summed E-state index contributed by atoms with van der Waals surface area (Å²) in [6, 6.07) is 6.93. The van der Waals surface area contributed by atoms with Gasteiger partial charge in [-0.05, 0) is 36.8 Å². The van der Waals surface area contributed by atoms with Gasteiger partial charge in [0.1, 0.15) is 0 Å². The molecule has 0 bridgehead atoms. The number of aromatic carboxylic acids is 1. The molecule has 1 amide bonds. The molecule has 1 aromatic rings. The van der Waals surface area contributed by atoms with Gasteiger partial charge >= 0.3 is 5.97 Å². The van der Waals surface area contributed by atoms with Crippen LogP contribution in [0, 0.1) is 5.92 Å². The summed E-state index contributed by atoms with van der Waals surface area (Å²) >= 11 is 0. The average Bonchev–Trinajstić information content (AvgIpc) is 2.64. The van der Waals surface area contributed by atoms with E-state index in [-0.39, 0.29) is 23.9 Å². The van der Waals surface area contributed by atoms with Crippen LogP contribution in [0.2, 0.25) is 0 Å². The van der Waals surface area contributed by atoms with Crippen LogP contribution in [0.5, 0.6) is 0 Å². The molecule has 2 atom stereocenters. The lowest BCUT2D eigenvalue weighted by atomic mass is 10.0. The predicted molar refractivity (Wildman–Crippen MR) is 81.3 cm³/mol. The van der Waals surface area contributed by atoms with E-state index in [1.807, 2.05) is 0 Å². The van der Waals surface area contributed by atoms with Crippen molar-refractivity contribution in [3.05, 3.63) is 35.4 Å². The Kier molecular flexibility index (Phi) is 5.37. The third kappa shape index (κ3) is 4.59. The van der Waals surface area contributed by atoms with E-state index in [0.29, 0.717) is 5.56 Å². The zero-order valence-corrected chi connectivity index (χ0v) is 12.5. The molecule has 0 saturated heterocycles. The molecule has 0 radical (unpaired) electrons. The lowest BCUT2D eigenvalue weighted by Gasteiger charge is -2.16. The molecule has 0 heterocycles. The highest BCUT2D eigenvalue weighted by Crippen LogP contribution is 2.22. The van der Waals surface area contributed by atoms with Crippen molar-refractivity contribution in [1.82, 2.24) is 5.32 Å². The van der Waals surface area contributed by atoms with Crippen molar-refractivity contribution in [3.63, 3.8) is 0 Å². The lowest BCUT2D eigenvalue weighted by Crippen LogP contribution is -2.35. The summed E-state index contributed by atoms with van der Waals surface area (Å²) in [6.07, 6.45) is 5.71. The summed E-state index contributed by atoms with van der Waals surface area (Å²) in [4.78, 5) is 23.3. The van der Waals surface area contributed by atoms with Crippen molar-refractivity contribution in [1.29, 1.82) is 0 Å². The van der Waals surface area contributed by atoms with E-state index in [4.69, 9.17) is 5.11 Å². The SMILES string of the molecule is CC1CCCC(NC(=O)Cc2ccccc2C(=O)O)CC1. The summed E-state index contributed by atoms with van der Waals surface area (Å²) in [7, 11) is 0. The highest BCUT2D eigenvalue weighted by molar-refractivity contribution is 5.91. The van der Waals surface area contributed by atoms with Crippen LogP contribution >= 0.6 is 0 Å². The summed E-state index contributed by atoms with van der Waals surface area (Å²) in [5.74, 6) is -0.329. The molecule has 4 heteroatoms. The fourth-order valence-electron chi connectivity index (χ4n) is 2.97. The lowest BCUT2D eigenvalue weighted by molar-refractivity contribution is -0.121. The van der Waals surface area contributed by atoms with E-state index in [0.717, 1.165) is 31.6 Å². The van der Waals surface area contributed by atoms with Crippen molar-refractivity contribution in [3.8, 4) is 0 Å². The number of hydrogen-bond acceptors (Lipinski definition) is 2. The zero-order chi connectivity index (χ0) is 15.2. The van der Waals surface area contributed by atoms with Crippen LogP contribution < -0.4 is 5.32 Å². The minimum Gasteiger partial charge on any atom is -0.478 e. The number of hydrogen-bond donors (Lipinski definition) is 2. The Morgan fingerprint density at radius 3 is 2.71 bits per heavy atom. The molecule has 1 aromatic carbocycles. The molecule has 0 aromatic heterocycles. The number of carbonyl (C=O) groups excluding carboxylic acids is 1. The van der Waals surface area contributed by atoms with Gasteiger partial charge in [0.15, 0.2) is 0 Å². The van der Waals surface area contributed by atoms with Crippen LogP contribution in [0.3, 0.4) is 0 Å². The van der Waals surface area contributed by atoms with Crippen LogP contribution in [0.25, 0.3) is 0 Å². The van der Waals surface area contributed by atoms with Crippen molar-refractivity contribution < 1.29 is 14.7 Å². The molecule has 2 rings (SSSR count). The van der Waals surface area contributed by atoms with E-state index < -0.39 is 5.97 Å². The van der Waals surface area contributed by atoms with Gasteiger partial charge in [-0.1, -0.05) is 38.0 Å². The van der Waals surface area contributed by atoms with Crippen LogP contribution in [-0.2, 0) is 11.2 Å². The van der Waals surface area contributed by atoms with Crippen molar-refractivity contribution in [2.75, 3.05) is 0 Å². The smallest absolute Gasteiger partial charge is 0.335 e. The molecule has 1 fully saturated rings. The van der Waals surface area contributed by atoms with Gasteiger partial charge in [-0.15, -0.1) is 0 Å². The third-order valence-corrected chi connectivity index (χ3v) is 4.22. The normalized spacial score (nSPS) is 22.3. The van der Waals surface area contributed by atoms with E-state index >= 15 is 0 Å². The molecule has 114 valence electrons. The number of benzene rings is 1. The Morgan fingerprint density at radius 1 is 1.19 bits per heavy atom. The van der Waals surface area contributed by atoms with Crippen LogP contribution in [0.15, 0.2) is 24.3 Å². The number of nitrogens with one attached hydrogen (secondary N) is 1. The Bertz CT molecular complexity index is 513. The number of carbonyl (C=O) groups is 2. The third-order valence-electron chi connectivity index (χ3n) is 4.22. The average molecular weight is 289 g/mol. The second-order valence-corrected chi connectivity index (χ2v) is 6.02. The fourth-order valence-corrected chi connectivity index (χ4v) is 2.97. The van der Waals surface area contributed by atoms with Gasteiger partial charge in [0, 0.05) is 6.04 Å². The fraction of sp³-hybridized carbons (Fsp3) is 0.529. The molecule has 2 N–H and O–H groups in total. The molecular formula is C17H23NO3. The largest absolute Gasteiger partial charge is 0.478 e. The van der Waals surface area contributed by atoms with Crippen LogP contribution in [-0.4, -0.2) is 23.0 Å². The molecule has 2 unspecified atom stereocenters. The highest BCUT2D eigenvalue weighted by atomic mass is 16.4. The second kappa shape index (κ2) is 7.25. The zero-order valence-electron chi connectivity index (χ0n) is 12.5. The summed E-state index contributed by atoms with van der Waals surface area (Å²) < 4.78 is 0. The highest BCUT2D eigenvalue weighted by Gasteiger charge is 2.19. The number of carboxylic acid groups (broad SMARTS) is 1. The first kappa shape index (κ1) is 15.5. The summed E-state index contributed by atoms with van der Waals surface area (Å²) in [6.45, 7) is 2.26. The topological polar surface area (TPSA) is 66.4 Å². The van der Waals surface area contributed by atoms with Crippen molar-refractivity contribution >= 4 is 11.9 Å². The maximum atomic E-state index is 12.1. The van der Waals surface area contributed by atoms with E-state index in [1.165, 1.54) is 12.5 Å². The molecule has 1 aliphatic carbocycles. The van der Waals surface area contributed by atoms with Crippen molar-refractivity contribution in [2.45, 2.75) is 51.5 Å². The molecule has 1 saturated carbocycles. The molecule has 1 aliphatic rings. The van der Waals surface area contributed by atoms with E-state index in [2.05, 4.69) is 12.2 Å². The molecule has 0 spiro atoms. The van der Waals surface area contributed by atoms with Crippen LogP contribution in [0.4, 0.5) is 0 Å². The molecular weight excluding hydrogens is 266 g/mol. The quantitative estimate of drug-likeness (QED) is 0.837. The van der Waals surface area contributed by atoms with Gasteiger partial charge in [-0.3, -0.25) is 4.79 Å². The molecule has 4 nitrogen and oxygen atoms in total. The van der Waals surface area contributed by atoms with Gasteiger partial charge in [-0.2, -0.15) is 0 Å². The first-order chi connectivity index (χ1) is 10.1. The predicted octanol–water partition coefficient (Wildman–Crippen LogP) is 3.01. The Hall–Kier alpha value is -1.84. The van der Waals surface area contributed by atoms with E-state index in [9.17, 15) is 9.59 Å². The van der Waals surface area contributed by atoms with Gasteiger partial charge in [0.05, 0.1) is 12.0 Å². The summed E-state index contributed by atoms with van der Waals surface area (Å²) in [5, 5.41) is 12.2. The summed E-state index contributed by atoms with van der Waals surface area (Å²) in [5.41, 5.74) is 0.784. The first-order valence-electron chi connectivity index (χ1n) is 7.67. The van der Waals surface area contributed by atoms with Gasteiger partial charge in [0.2, 0.25) is 5.91 Å². The number of carboxylic acids is 1. The first-order valence-corrected chi connectivity index (χ1v) is 7.67. The Labute approximate surface area is 125 Å². The number of rotatable bonds is 4. The molecule has 21 heavy (non-hydrogen) atoms. The van der Waals surface area contributed by atoms with Gasteiger partial charge in [-0.25, -0.2) is 4.79 Å².